The molecule has 1 amide bonds. The van der Waals surface area contributed by atoms with Gasteiger partial charge in [-0.15, -0.1) is 0 Å². The highest BCUT2D eigenvalue weighted by molar-refractivity contribution is 7.92. The number of nitrogens with one attached hydrogen (secondary N) is 2. The molecule has 20 heavy (non-hydrogen) atoms. The van der Waals surface area contributed by atoms with Gasteiger partial charge < -0.3 is 9.84 Å². The van der Waals surface area contributed by atoms with E-state index in [1.54, 1.807) is 19.1 Å². The Morgan fingerprint density at radius 3 is 2.30 bits per heavy atom. The van der Waals surface area contributed by atoms with E-state index in [-0.39, 0.29) is 10.9 Å². The maximum absolute atomic E-state index is 12.0. The second kappa shape index (κ2) is 5.33. The molecule has 0 aliphatic carbocycles. The molecule has 1 aromatic heterocycles. The summed E-state index contributed by atoms with van der Waals surface area (Å²) in [7, 11) is -3.77. The molecular formula is C12H13N3O4S. The standard InChI is InChI=1S/C12H13N3O4S/c1-8-7-12(14-19-8)20(17,18)15-11-5-3-10(4-6-11)13-9(2)16/h3-7,15H,1-2H3,(H,13,16). The van der Waals surface area contributed by atoms with Crippen molar-refractivity contribution in [1.29, 1.82) is 0 Å². The Balaban J connectivity index is 2.15. The number of hydrogen-bond acceptors (Lipinski definition) is 5. The Labute approximate surface area is 116 Å². The number of carbonyl (C=O) groups is 1. The number of amides is 1. The molecule has 8 heteroatoms. The van der Waals surface area contributed by atoms with Crippen LogP contribution in [0.15, 0.2) is 39.9 Å². The van der Waals surface area contributed by atoms with Gasteiger partial charge in [0.2, 0.25) is 10.9 Å². The van der Waals surface area contributed by atoms with E-state index in [1.165, 1.54) is 25.1 Å². The summed E-state index contributed by atoms with van der Waals surface area (Å²) in [6.07, 6.45) is 0. The Morgan fingerprint density at radius 2 is 1.80 bits per heavy atom. The average Bonchev–Trinajstić information content (AvgIpc) is 2.78. The third-order valence-electron chi connectivity index (χ3n) is 2.34. The van der Waals surface area contributed by atoms with Gasteiger partial charge in [-0.2, -0.15) is 8.42 Å². The first-order chi connectivity index (χ1) is 9.37. The first-order valence-corrected chi connectivity index (χ1v) is 7.19. The molecule has 0 saturated carbocycles. The minimum atomic E-state index is -3.77. The van der Waals surface area contributed by atoms with Crippen LogP contribution in [-0.4, -0.2) is 19.5 Å². The Bertz CT molecular complexity index is 719. The highest BCUT2D eigenvalue weighted by Crippen LogP contribution is 2.18. The highest BCUT2D eigenvalue weighted by atomic mass is 32.2. The van der Waals surface area contributed by atoms with Gasteiger partial charge in [0, 0.05) is 24.4 Å². The number of nitrogens with zero attached hydrogens (tertiary/aromatic N) is 1. The van der Waals surface area contributed by atoms with Crippen molar-refractivity contribution in [1.82, 2.24) is 5.16 Å². The van der Waals surface area contributed by atoms with Crippen LogP contribution >= 0.6 is 0 Å². The number of carbonyl (C=O) groups excluding carboxylic acids is 1. The van der Waals surface area contributed by atoms with Crippen LogP contribution in [-0.2, 0) is 14.8 Å². The predicted molar refractivity (Wildman–Crippen MR) is 72.8 cm³/mol. The second-order valence-corrected chi connectivity index (χ2v) is 5.77. The highest BCUT2D eigenvalue weighted by Gasteiger charge is 2.18. The zero-order valence-electron chi connectivity index (χ0n) is 10.9. The van der Waals surface area contributed by atoms with Gasteiger partial charge in [0.1, 0.15) is 5.76 Å². The van der Waals surface area contributed by atoms with Crippen LogP contribution < -0.4 is 10.0 Å². The van der Waals surface area contributed by atoms with Crippen molar-refractivity contribution < 1.29 is 17.7 Å². The number of benzene rings is 1. The van der Waals surface area contributed by atoms with E-state index in [2.05, 4.69) is 15.2 Å². The number of hydrogen-bond donors (Lipinski definition) is 2. The molecule has 0 bridgehead atoms. The largest absolute Gasteiger partial charge is 0.360 e. The van der Waals surface area contributed by atoms with Gasteiger partial charge in [-0.3, -0.25) is 9.52 Å². The summed E-state index contributed by atoms with van der Waals surface area (Å²) in [5.74, 6) is 0.211. The SMILES string of the molecule is CC(=O)Nc1ccc(NS(=O)(=O)c2cc(C)on2)cc1. The fourth-order valence-corrected chi connectivity index (χ4v) is 2.51. The summed E-state index contributed by atoms with van der Waals surface area (Å²) in [6, 6.07) is 7.58. The number of sulfonamides is 1. The number of rotatable bonds is 4. The molecule has 0 aliphatic heterocycles. The van der Waals surface area contributed by atoms with Gasteiger partial charge >= 0.3 is 0 Å². The lowest BCUT2D eigenvalue weighted by atomic mass is 10.3. The topological polar surface area (TPSA) is 101 Å². The van der Waals surface area contributed by atoms with Gasteiger partial charge in [-0.25, -0.2) is 0 Å². The van der Waals surface area contributed by atoms with Crippen molar-refractivity contribution in [3.8, 4) is 0 Å². The van der Waals surface area contributed by atoms with Gasteiger partial charge in [0.05, 0.1) is 0 Å². The second-order valence-electron chi connectivity index (χ2n) is 4.14. The molecule has 0 spiro atoms. The van der Waals surface area contributed by atoms with E-state index in [1.807, 2.05) is 0 Å². The molecule has 106 valence electrons. The smallest absolute Gasteiger partial charge is 0.282 e. The number of anilines is 2. The lowest BCUT2D eigenvalue weighted by molar-refractivity contribution is -0.114. The molecule has 1 heterocycles. The van der Waals surface area contributed by atoms with Crippen LogP contribution in [0.3, 0.4) is 0 Å². The summed E-state index contributed by atoms with van der Waals surface area (Å²) >= 11 is 0. The monoisotopic (exact) mass is 295 g/mol. The molecular weight excluding hydrogens is 282 g/mol. The molecule has 2 aromatic rings. The van der Waals surface area contributed by atoms with Gasteiger partial charge in [0.25, 0.3) is 10.0 Å². The summed E-state index contributed by atoms with van der Waals surface area (Å²) in [5, 5.41) is 5.86. The van der Waals surface area contributed by atoms with E-state index in [4.69, 9.17) is 4.52 Å². The summed E-state index contributed by atoms with van der Waals surface area (Å²) < 4.78 is 31.0. The third kappa shape index (κ3) is 3.35. The van der Waals surface area contributed by atoms with Gasteiger partial charge in [0.15, 0.2) is 0 Å². The maximum Gasteiger partial charge on any atom is 0.282 e. The van der Waals surface area contributed by atoms with Crippen LogP contribution in [0, 0.1) is 6.92 Å². The molecule has 0 fully saturated rings. The van der Waals surface area contributed by atoms with Crippen molar-refractivity contribution >= 4 is 27.3 Å². The van der Waals surface area contributed by atoms with E-state index >= 15 is 0 Å². The zero-order valence-corrected chi connectivity index (χ0v) is 11.7. The van der Waals surface area contributed by atoms with Crippen LogP contribution in [0.1, 0.15) is 12.7 Å². The molecule has 0 radical (unpaired) electrons. The molecule has 7 nitrogen and oxygen atoms in total. The fourth-order valence-electron chi connectivity index (χ4n) is 1.50. The Kier molecular flexibility index (Phi) is 3.75. The first kappa shape index (κ1) is 14.1. The first-order valence-electron chi connectivity index (χ1n) is 5.70. The van der Waals surface area contributed by atoms with Crippen molar-refractivity contribution in [3.63, 3.8) is 0 Å². The Hall–Kier alpha value is -2.35. The average molecular weight is 295 g/mol. The molecule has 0 aliphatic rings. The predicted octanol–water partition coefficient (Wildman–Crippen LogP) is 1.74. The van der Waals surface area contributed by atoms with Crippen molar-refractivity contribution in [2.75, 3.05) is 10.0 Å². The van der Waals surface area contributed by atoms with E-state index in [9.17, 15) is 13.2 Å². The minimum Gasteiger partial charge on any atom is -0.360 e. The zero-order chi connectivity index (χ0) is 14.8. The lowest BCUT2D eigenvalue weighted by Gasteiger charge is -2.06. The maximum atomic E-state index is 12.0. The number of aryl methyl sites for hydroxylation is 1. The van der Waals surface area contributed by atoms with Crippen molar-refractivity contribution in [2.45, 2.75) is 18.9 Å². The van der Waals surface area contributed by atoms with Crippen LogP contribution in [0.2, 0.25) is 0 Å². The van der Waals surface area contributed by atoms with Crippen LogP contribution in [0.4, 0.5) is 11.4 Å². The van der Waals surface area contributed by atoms with E-state index in [0.29, 0.717) is 17.1 Å². The van der Waals surface area contributed by atoms with Crippen molar-refractivity contribution in [2.24, 2.45) is 0 Å². The molecule has 0 unspecified atom stereocenters. The number of aromatic nitrogens is 1. The third-order valence-corrected chi connectivity index (χ3v) is 3.59. The summed E-state index contributed by atoms with van der Waals surface area (Å²) in [5.41, 5.74) is 0.942. The quantitative estimate of drug-likeness (QED) is 0.894. The normalized spacial score (nSPS) is 11.1. The molecule has 0 saturated heterocycles. The van der Waals surface area contributed by atoms with E-state index < -0.39 is 10.0 Å². The van der Waals surface area contributed by atoms with Crippen molar-refractivity contribution in [3.05, 3.63) is 36.1 Å². The van der Waals surface area contributed by atoms with Crippen LogP contribution in [0.5, 0.6) is 0 Å². The molecule has 1 aromatic carbocycles. The van der Waals surface area contributed by atoms with E-state index in [0.717, 1.165) is 0 Å². The van der Waals surface area contributed by atoms with Gasteiger partial charge in [-0.1, -0.05) is 5.16 Å². The Morgan fingerprint density at radius 1 is 1.20 bits per heavy atom. The molecule has 2 N–H and O–H groups in total. The lowest BCUT2D eigenvalue weighted by Crippen LogP contribution is -2.13. The molecule has 0 atom stereocenters. The molecule has 2 rings (SSSR count). The fraction of sp³-hybridized carbons (Fsp3) is 0.167. The summed E-state index contributed by atoms with van der Waals surface area (Å²) in [6.45, 7) is 3.00. The van der Waals surface area contributed by atoms with Crippen LogP contribution in [0.25, 0.3) is 0 Å². The van der Waals surface area contributed by atoms with Gasteiger partial charge in [-0.05, 0) is 31.2 Å². The minimum absolute atomic E-state index is 0.180. The summed E-state index contributed by atoms with van der Waals surface area (Å²) in [4.78, 5) is 10.9.